The Kier molecular flexibility index (Phi) is 3.89. The fourth-order valence-electron chi connectivity index (χ4n) is 2.53. The third-order valence-corrected chi connectivity index (χ3v) is 3.93. The van der Waals surface area contributed by atoms with Crippen molar-refractivity contribution in [3.63, 3.8) is 0 Å². The number of rotatable bonds is 4. The number of aromatic nitrogens is 2. The first-order valence-corrected chi connectivity index (χ1v) is 7.84. The van der Waals surface area contributed by atoms with Crippen LogP contribution < -0.4 is 4.74 Å². The van der Waals surface area contributed by atoms with E-state index in [-0.39, 0.29) is 0 Å². The van der Waals surface area contributed by atoms with E-state index in [9.17, 15) is 0 Å². The monoisotopic (exact) mass is 336 g/mol. The summed E-state index contributed by atoms with van der Waals surface area (Å²) in [5.41, 5.74) is 1.83. The molecule has 0 saturated carbocycles. The predicted molar refractivity (Wildman–Crippen MR) is 92.2 cm³/mol. The van der Waals surface area contributed by atoms with Crippen molar-refractivity contribution in [1.29, 1.82) is 0 Å². The SMILES string of the molecule is Clc1ccc(C(Oc2ccc3ncccc3c2)c2ncco2)cc1. The number of oxazole rings is 1. The van der Waals surface area contributed by atoms with Gasteiger partial charge in [-0.1, -0.05) is 29.8 Å². The molecule has 1 atom stereocenters. The number of hydrogen-bond donors (Lipinski definition) is 0. The summed E-state index contributed by atoms with van der Waals surface area (Å²) in [4.78, 5) is 8.56. The predicted octanol–water partition coefficient (Wildman–Crippen LogP) is 5.04. The van der Waals surface area contributed by atoms with Crippen LogP contribution in [-0.2, 0) is 0 Å². The maximum atomic E-state index is 6.17. The van der Waals surface area contributed by atoms with Gasteiger partial charge in [-0.05, 0) is 36.4 Å². The quantitative estimate of drug-likeness (QED) is 0.523. The normalized spacial score (nSPS) is 12.2. The fraction of sp³-hybridized carbons (Fsp3) is 0.0526. The van der Waals surface area contributed by atoms with Gasteiger partial charge in [-0.25, -0.2) is 4.98 Å². The number of hydrogen-bond acceptors (Lipinski definition) is 4. The summed E-state index contributed by atoms with van der Waals surface area (Å²) in [6.45, 7) is 0. The zero-order valence-corrected chi connectivity index (χ0v) is 13.4. The molecule has 0 bridgehead atoms. The van der Waals surface area contributed by atoms with Gasteiger partial charge in [-0.2, -0.15) is 0 Å². The lowest BCUT2D eigenvalue weighted by Gasteiger charge is -2.17. The third kappa shape index (κ3) is 2.96. The molecule has 0 spiro atoms. The van der Waals surface area contributed by atoms with Crippen molar-refractivity contribution in [3.8, 4) is 5.75 Å². The van der Waals surface area contributed by atoms with Gasteiger partial charge in [0.15, 0.2) is 6.10 Å². The Morgan fingerprint density at radius 3 is 2.62 bits per heavy atom. The van der Waals surface area contributed by atoms with E-state index >= 15 is 0 Å². The highest BCUT2D eigenvalue weighted by Gasteiger charge is 2.21. The van der Waals surface area contributed by atoms with Crippen molar-refractivity contribution in [3.05, 3.63) is 89.7 Å². The molecular weight excluding hydrogens is 324 g/mol. The number of halogens is 1. The average Bonchev–Trinajstić information content (AvgIpc) is 3.15. The molecule has 2 aromatic heterocycles. The first kappa shape index (κ1) is 14.7. The minimum atomic E-state index is -0.452. The minimum Gasteiger partial charge on any atom is -0.476 e. The molecule has 0 radical (unpaired) electrons. The van der Waals surface area contributed by atoms with Gasteiger partial charge in [0.05, 0.1) is 11.7 Å². The molecule has 4 nitrogen and oxygen atoms in total. The van der Waals surface area contributed by atoms with Crippen LogP contribution in [0.15, 0.2) is 77.7 Å². The summed E-state index contributed by atoms with van der Waals surface area (Å²) in [7, 11) is 0. The van der Waals surface area contributed by atoms with Gasteiger partial charge in [0, 0.05) is 22.2 Å². The second-order valence-corrected chi connectivity index (χ2v) is 5.71. The molecule has 1 unspecified atom stereocenters. The van der Waals surface area contributed by atoms with E-state index in [2.05, 4.69) is 9.97 Å². The van der Waals surface area contributed by atoms with Gasteiger partial charge in [-0.15, -0.1) is 0 Å². The lowest BCUT2D eigenvalue weighted by Crippen LogP contribution is -2.09. The van der Waals surface area contributed by atoms with E-state index in [1.54, 1.807) is 12.4 Å². The Morgan fingerprint density at radius 2 is 1.83 bits per heavy atom. The van der Waals surface area contributed by atoms with Crippen LogP contribution in [0.25, 0.3) is 10.9 Å². The maximum Gasteiger partial charge on any atom is 0.240 e. The lowest BCUT2D eigenvalue weighted by atomic mass is 10.1. The van der Waals surface area contributed by atoms with E-state index in [1.807, 2.05) is 54.6 Å². The van der Waals surface area contributed by atoms with Crippen LogP contribution in [0.3, 0.4) is 0 Å². The summed E-state index contributed by atoms with van der Waals surface area (Å²) >= 11 is 5.98. The van der Waals surface area contributed by atoms with Crippen LogP contribution in [0.1, 0.15) is 17.6 Å². The molecular formula is C19H13ClN2O2. The van der Waals surface area contributed by atoms with E-state index in [1.165, 1.54) is 6.26 Å². The van der Waals surface area contributed by atoms with Crippen molar-refractivity contribution in [2.45, 2.75) is 6.10 Å². The van der Waals surface area contributed by atoms with Crippen LogP contribution in [0.2, 0.25) is 5.02 Å². The minimum absolute atomic E-state index is 0.452. The standard InChI is InChI=1S/C19H13ClN2O2/c20-15-5-3-13(4-6-15)18(19-22-10-11-23-19)24-16-7-8-17-14(12-16)2-1-9-21-17/h1-12,18H. The number of fused-ring (bicyclic) bond motifs is 1. The maximum absolute atomic E-state index is 6.17. The molecule has 0 aliphatic rings. The molecule has 0 N–H and O–H groups in total. The molecule has 0 amide bonds. The van der Waals surface area contributed by atoms with E-state index in [0.717, 1.165) is 16.5 Å². The highest BCUT2D eigenvalue weighted by atomic mass is 35.5. The van der Waals surface area contributed by atoms with Crippen LogP contribution in [0.4, 0.5) is 0 Å². The molecule has 2 aromatic carbocycles. The highest BCUT2D eigenvalue weighted by molar-refractivity contribution is 6.30. The fourth-order valence-corrected chi connectivity index (χ4v) is 2.65. The van der Waals surface area contributed by atoms with Crippen molar-refractivity contribution in [2.75, 3.05) is 0 Å². The zero-order chi connectivity index (χ0) is 16.4. The van der Waals surface area contributed by atoms with Gasteiger partial charge in [0.2, 0.25) is 5.89 Å². The van der Waals surface area contributed by atoms with Gasteiger partial charge < -0.3 is 9.15 Å². The van der Waals surface area contributed by atoms with E-state index in [4.69, 9.17) is 20.8 Å². The van der Waals surface area contributed by atoms with E-state index < -0.39 is 6.10 Å². The van der Waals surface area contributed by atoms with Crippen molar-refractivity contribution < 1.29 is 9.15 Å². The Morgan fingerprint density at radius 1 is 0.958 bits per heavy atom. The number of benzene rings is 2. The summed E-state index contributed by atoms with van der Waals surface area (Å²) in [5, 5.41) is 1.68. The van der Waals surface area contributed by atoms with Crippen LogP contribution in [0, 0.1) is 0 Å². The summed E-state index contributed by atoms with van der Waals surface area (Å²) in [6, 6.07) is 17.1. The summed E-state index contributed by atoms with van der Waals surface area (Å²) in [6.07, 6.45) is 4.45. The average molecular weight is 337 g/mol. The molecule has 0 fully saturated rings. The summed E-state index contributed by atoms with van der Waals surface area (Å²) in [5.74, 6) is 1.21. The van der Waals surface area contributed by atoms with Crippen LogP contribution in [-0.4, -0.2) is 9.97 Å². The Labute approximate surface area is 143 Å². The third-order valence-electron chi connectivity index (χ3n) is 3.68. The Bertz CT molecular complexity index is 953. The number of nitrogens with zero attached hydrogens (tertiary/aromatic N) is 2. The molecule has 2 heterocycles. The topological polar surface area (TPSA) is 48.2 Å². The highest BCUT2D eigenvalue weighted by Crippen LogP contribution is 2.29. The number of pyridine rings is 1. The second-order valence-electron chi connectivity index (χ2n) is 5.28. The van der Waals surface area contributed by atoms with Crippen molar-refractivity contribution in [2.24, 2.45) is 0 Å². The molecule has 5 heteroatoms. The molecule has 0 aliphatic carbocycles. The van der Waals surface area contributed by atoms with Gasteiger partial charge >= 0.3 is 0 Å². The zero-order valence-electron chi connectivity index (χ0n) is 12.6. The van der Waals surface area contributed by atoms with Gasteiger partial charge in [0.25, 0.3) is 0 Å². The number of ether oxygens (including phenoxy) is 1. The largest absolute Gasteiger partial charge is 0.476 e. The molecule has 0 saturated heterocycles. The first-order valence-electron chi connectivity index (χ1n) is 7.46. The Balaban J connectivity index is 1.71. The lowest BCUT2D eigenvalue weighted by molar-refractivity contribution is 0.208. The smallest absolute Gasteiger partial charge is 0.240 e. The summed E-state index contributed by atoms with van der Waals surface area (Å²) < 4.78 is 11.6. The van der Waals surface area contributed by atoms with Gasteiger partial charge in [0.1, 0.15) is 12.0 Å². The molecule has 24 heavy (non-hydrogen) atoms. The molecule has 0 aliphatic heterocycles. The molecule has 4 aromatic rings. The van der Waals surface area contributed by atoms with Crippen LogP contribution in [0.5, 0.6) is 5.75 Å². The van der Waals surface area contributed by atoms with Gasteiger partial charge in [-0.3, -0.25) is 4.98 Å². The van der Waals surface area contributed by atoms with Crippen molar-refractivity contribution >= 4 is 22.5 Å². The Hall–Kier alpha value is -2.85. The van der Waals surface area contributed by atoms with E-state index in [0.29, 0.717) is 16.7 Å². The second kappa shape index (κ2) is 6.34. The molecule has 4 rings (SSSR count). The first-order chi connectivity index (χ1) is 11.8. The van der Waals surface area contributed by atoms with Crippen LogP contribution >= 0.6 is 11.6 Å². The van der Waals surface area contributed by atoms with Crippen molar-refractivity contribution in [1.82, 2.24) is 9.97 Å². The molecule has 118 valence electrons.